The molecule has 17 aromatic rings. The van der Waals surface area contributed by atoms with E-state index in [9.17, 15) is 0 Å². The quantitative estimate of drug-likeness (QED) is 0.127. The molecule has 0 aliphatic carbocycles. The van der Waals surface area contributed by atoms with Crippen molar-refractivity contribution in [1.29, 1.82) is 0 Å². The number of benzene rings is 10. The number of aromatic nitrogens is 8. The van der Waals surface area contributed by atoms with E-state index in [1.807, 2.05) is 48.8 Å². The minimum Gasteiger partial charge on any atom is -0.501 e. The van der Waals surface area contributed by atoms with E-state index in [0.717, 1.165) is 121 Å². The van der Waals surface area contributed by atoms with E-state index < -0.39 is 0 Å². The number of ether oxygens (including phenoxy) is 2. The second-order valence-corrected chi connectivity index (χ2v) is 21.7. The molecule has 0 radical (unpaired) electrons. The topological polar surface area (TPSA) is 89.7 Å². The molecule has 0 aliphatic rings. The first-order valence-corrected chi connectivity index (χ1v) is 28.5. The van der Waals surface area contributed by atoms with Crippen LogP contribution in [0, 0.1) is 38.1 Å². The number of fused-ring (bicyclic) bond motifs is 12. The molecule has 10 nitrogen and oxygen atoms in total. The molecule has 0 saturated heterocycles. The minimum atomic E-state index is 0. The second-order valence-electron chi connectivity index (χ2n) is 21.7. The zero-order chi connectivity index (χ0) is 57.0. The number of aryl methyl sites for hydroxylation is 2. The Hall–Kier alpha value is -10.2. The summed E-state index contributed by atoms with van der Waals surface area (Å²) in [5.41, 5.74) is 14.4. The summed E-state index contributed by atoms with van der Waals surface area (Å²) < 4.78 is 23.0. The fourth-order valence-electron chi connectivity index (χ4n) is 12.6. The minimum absolute atomic E-state index is 0. The summed E-state index contributed by atoms with van der Waals surface area (Å²) in [6.45, 7) is 4.16. The fraction of sp³-hybridized carbons (Fsp3) is 0.0263. The summed E-state index contributed by atoms with van der Waals surface area (Å²) >= 11 is 0. The van der Waals surface area contributed by atoms with Crippen molar-refractivity contribution >= 4 is 87.2 Å². The second kappa shape index (κ2) is 21.9. The number of hydrogen-bond donors (Lipinski definition) is 0. The number of nitrogens with zero attached hydrogens (tertiary/aromatic N) is 8. The van der Waals surface area contributed by atoms with Crippen LogP contribution in [0.5, 0.6) is 23.0 Å². The van der Waals surface area contributed by atoms with Crippen molar-refractivity contribution in [2.45, 2.75) is 13.8 Å². The van der Waals surface area contributed by atoms with E-state index in [1.54, 1.807) is 12.4 Å². The molecule has 422 valence electrons. The van der Waals surface area contributed by atoms with Gasteiger partial charge in [0, 0.05) is 114 Å². The average molecular weight is 1490 g/mol. The van der Waals surface area contributed by atoms with Gasteiger partial charge in [-0.25, -0.2) is 9.97 Å². The Morgan fingerprint density at radius 2 is 0.648 bits per heavy atom. The summed E-state index contributed by atoms with van der Waals surface area (Å²) in [5.74, 6) is 3.64. The molecule has 88 heavy (non-hydrogen) atoms. The zero-order valence-corrected chi connectivity index (χ0v) is 51.7. The molecule has 17 rings (SSSR count). The Labute approximate surface area is 534 Å². The van der Waals surface area contributed by atoms with Gasteiger partial charge in [-0.1, -0.05) is 132 Å². The zero-order valence-electron chi connectivity index (χ0n) is 47.1. The summed E-state index contributed by atoms with van der Waals surface area (Å²) in [6.07, 6.45) is 7.26. The first-order chi connectivity index (χ1) is 42.5. The van der Waals surface area contributed by atoms with Crippen LogP contribution in [0.1, 0.15) is 11.1 Å². The monoisotopic (exact) mass is 1490 g/mol. The molecule has 0 aliphatic heterocycles. The number of pyridine rings is 2. The molecule has 0 amide bonds. The molecular weight excluding hydrogens is 1450 g/mol. The summed E-state index contributed by atoms with van der Waals surface area (Å²) in [7, 11) is 0. The standard InChI is InChI=1S/C76H46N8O2.2Pt/c1-47-35-37-77-75(39-47)83-67-25-13-7-19-57(67)59-31-29-51(43-71(59)83)85-73-41-49(27-33-69(73)81-63-21-9-3-15-53(63)54-16-4-10-22-64(54)81)61-45-80-62(46-79-61)50-28-34-70(82-65-23-11-5-17-55(65)56-18-6-12-24-66(56)82)74(42-50)86-52-30-32-60-58-20-8-14-26-68(58)84(72(60)44-52)76-40-48(2)36-38-78-76;;/h3-40,45-46H,1-2H3;;/q-4;2*+2. The van der Waals surface area contributed by atoms with Gasteiger partial charge in [-0.2, -0.15) is 12.1 Å². The van der Waals surface area contributed by atoms with Crippen molar-refractivity contribution < 1.29 is 51.6 Å². The Morgan fingerprint density at radius 3 is 0.989 bits per heavy atom. The Morgan fingerprint density at radius 1 is 0.318 bits per heavy atom. The maximum absolute atomic E-state index is 7.09. The van der Waals surface area contributed by atoms with Crippen LogP contribution in [0.25, 0.3) is 133 Å². The van der Waals surface area contributed by atoms with E-state index in [-0.39, 0.29) is 42.1 Å². The Balaban J connectivity index is 0.00000325. The summed E-state index contributed by atoms with van der Waals surface area (Å²) in [4.78, 5) is 19.8. The van der Waals surface area contributed by atoms with Gasteiger partial charge in [0.2, 0.25) is 0 Å². The molecule has 7 aromatic heterocycles. The number of hydrogen-bond acceptors (Lipinski definition) is 6. The molecule has 7 heterocycles. The van der Waals surface area contributed by atoms with Crippen LogP contribution in [0.3, 0.4) is 0 Å². The molecule has 0 saturated carbocycles. The SMILES string of the molecule is Cc1ccnc(-n2c3[c-]c(Oc4[c-]c(-c5cnc(-c6[c-]c(Oc7[c-]c8c(cc7)c7ccccc7n8-c7cc(C)ccn7)c(-n7c8ccccc8c8ccccc87)cc6)cn5)ccc4-n4c5ccccc5c5ccccc54)ccc3c3ccccc32)c1.[Pt+2].[Pt+2]. The van der Waals surface area contributed by atoms with E-state index in [0.29, 0.717) is 45.5 Å². The maximum Gasteiger partial charge on any atom is 2.00 e. The molecule has 10 aromatic carbocycles. The molecule has 0 N–H and O–H groups in total. The Bertz CT molecular complexity index is 5150. The summed E-state index contributed by atoms with van der Waals surface area (Å²) in [6, 6.07) is 89.9. The molecule has 0 spiro atoms. The molecule has 0 fully saturated rings. The van der Waals surface area contributed by atoms with Crippen LogP contribution in [0.2, 0.25) is 0 Å². The van der Waals surface area contributed by atoms with Crippen molar-refractivity contribution in [3.63, 3.8) is 0 Å². The van der Waals surface area contributed by atoms with Gasteiger partial charge in [-0.05, 0) is 96.4 Å². The van der Waals surface area contributed by atoms with Crippen LogP contribution in [-0.4, -0.2) is 38.2 Å². The van der Waals surface area contributed by atoms with Crippen molar-refractivity contribution in [3.05, 3.63) is 279 Å². The molecule has 0 atom stereocenters. The van der Waals surface area contributed by atoms with Gasteiger partial charge in [0.25, 0.3) is 0 Å². The smallest absolute Gasteiger partial charge is 0.501 e. The predicted octanol–water partition coefficient (Wildman–Crippen LogP) is 18.4. The molecule has 12 heteroatoms. The van der Waals surface area contributed by atoms with E-state index in [2.05, 4.69) is 238 Å². The van der Waals surface area contributed by atoms with Gasteiger partial charge in [-0.15, -0.1) is 70.4 Å². The third-order valence-electron chi connectivity index (χ3n) is 16.4. The largest absolute Gasteiger partial charge is 2.00 e. The normalized spacial score (nSPS) is 11.6. The van der Waals surface area contributed by atoms with E-state index >= 15 is 0 Å². The summed E-state index contributed by atoms with van der Waals surface area (Å²) in [5, 5.41) is 8.82. The Kier molecular flexibility index (Phi) is 13.6. The van der Waals surface area contributed by atoms with Crippen LogP contribution in [-0.2, 0) is 42.1 Å². The molecule has 0 bridgehead atoms. The molecule has 0 unspecified atom stereocenters. The van der Waals surface area contributed by atoms with Crippen molar-refractivity contribution in [2.24, 2.45) is 0 Å². The van der Waals surface area contributed by atoms with E-state index in [1.165, 1.54) is 0 Å². The van der Waals surface area contributed by atoms with Gasteiger partial charge in [0.05, 0.1) is 11.5 Å². The fourth-order valence-corrected chi connectivity index (χ4v) is 12.6. The average Bonchev–Trinajstić information content (AvgIpc) is 2.08. The first-order valence-electron chi connectivity index (χ1n) is 28.5. The predicted molar refractivity (Wildman–Crippen MR) is 344 cm³/mol. The van der Waals surface area contributed by atoms with Crippen LogP contribution in [0.4, 0.5) is 0 Å². The first kappa shape index (κ1) is 54.4. The number of para-hydroxylation sites is 6. The van der Waals surface area contributed by atoms with Crippen molar-refractivity contribution in [2.75, 3.05) is 0 Å². The van der Waals surface area contributed by atoms with Crippen molar-refractivity contribution in [1.82, 2.24) is 38.2 Å². The van der Waals surface area contributed by atoms with Gasteiger partial charge < -0.3 is 37.7 Å². The van der Waals surface area contributed by atoms with Crippen LogP contribution in [0.15, 0.2) is 243 Å². The van der Waals surface area contributed by atoms with Gasteiger partial charge in [-0.3, -0.25) is 0 Å². The maximum atomic E-state index is 7.09. The van der Waals surface area contributed by atoms with Gasteiger partial charge in [0.15, 0.2) is 0 Å². The van der Waals surface area contributed by atoms with Crippen LogP contribution < -0.4 is 9.47 Å². The third kappa shape index (κ3) is 8.93. The van der Waals surface area contributed by atoms with Gasteiger partial charge >= 0.3 is 42.1 Å². The van der Waals surface area contributed by atoms with E-state index in [4.69, 9.17) is 29.4 Å². The third-order valence-corrected chi connectivity index (χ3v) is 16.4. The molecular formula is C76H46N8O2Pt2. The van der Waals surface area contributed by atoms with Crippen molar-refractivity contribution in [3.8, 4) is 68.5 Å². The van der Waals surface area contributed by atoms with Crippen LogP contribution >= 0.6 is 0 Å². The van der Waals surface area contributed by atoms with Gasteiger partial charge in [0.1, 0.15) is 11.6 Å². The number of rotatable bonds is 10.